The number of hydrogen-bond donors (Lipinski definition) is 2. The molecule has 16 heavy (non-hydrogen) atoms. The number of nitriles is 1. The maximum Gasteiger partial charge on any atom is 0.271 e. The molecule has 0 saturated carbocycles. The second-order valence-corrected chi connectivity index (χ2v) is 3.00. The Bertz CT molecular complexity index is 598. The van der Waals surface area contributed by atoms with E-state index in [2.05, 4.69) is 20.5 Å². The number of nitrogens with one attached hydrogen (secondary N) is 2. The maximum absolute atomic E-state index is 11.0. The largest absolute Gasteiger partial charge is 0.324 e. The van der Waals surface area contributed by atoms with E-state index in [0.717, 1.165) is 6.20 Å². The van der Waals surface area contributed by atoms with E-state index in [0.29, 0.717) is 11.3 Å². The highest BCUT2D eigenvalue weighted by atomic mass is 16.1. The average Bonchev–Trinajstić information content (AvgIpc) is 2.29. The Balaban J connectivity index is 2.27. The van der Waals surface area contributed by atoms with E-state index >= 15 is 0 Å². The van der Waals surface area contributed by atoms with Gasteiger partial charge in [-0.05, 0) is 18.2 Å². The molecule has 0 amide bonds. The topological polar surface area (TPSA) is 94.5 Å². The van der Waals surface area contributed by atoms with E-state index in [-0.39, 0.29) is 11.5 Å². The third-order valence-electron chi connectivity index (χ3n) is 1.83. The van der Waals surface area contributed by atoms with Crippen LogP contribution < -0.4 is 10.9 Å². The molecule has 6 nitrogen and oxygen atoms in total. The first kappa shape index (κ1) is 9.86. The molecule has 0 spiro atoms. The van der Waals surface area contributed by atoms with Gasteiger partial charge in [-0.25, -0.2) is 0 Å². The second kappa shape index (κ2) is 4.23. The predicted molar refractivity (Wildman–Crippen MR) is 57.1 cm³/mol. The van der Waals surface area contributed by atoms with Crippen molar-refractivity contribution in [3.8, 4) is 6.07 Å². The van der Waals surface area contributed by atoms with Crippen molar-refractivity contribution >= 4 is 11.6 Å². The summed E-state index contributed by atoms with van der Waals surface area (Å²) in [5, 5.41) is 18.7. The molecule has 2 aromatic rings. The van der Waals surface area contributed by atoms with Gasteiger partial charge in [-0.1, -0.05) is 6.07 Å². The van der Waals surface area contributed by atoms with Crippen molar-refractivity contribution in [2.75, 3.05) is 5.32 Å². The fourth-order valence-electron chi connectivity index (χ4n) is 1.17. The van der Waals surface area contributed by atoms with Gasteiger partial charge in [0.1, 0.15) is 6.20 Å². The Kier molecular flexibility index (Phi) is 2.61. The first-order valence-electron chi connectivity index (χ1n) is 4.47. The summed E-state index contributed by atoms with van der Waals surface area (Å²) < 4.78 is 0. The molecule has 0 atom stereocenters. The minimum Gasteiger partial charge on any atom is -0.324 e. The molecule has 2 rings (SSSR count). The zero-order valence-electron chi connectivity index (χ0n) is 8.14. The molecule has 2 N–H and O–H groups in total. The van der Waals surface area contributed by atoms with Crippen LogP contribution in [0.4, 0.5) is 11.6 Å². The van der Waals surface area contributed by atoms with Gasteiger partial charge in [-0.3, -0.25) is 9.78 Å². The van der Waals surface area contributed by atoms with Gasteiger partial charge in [-0.15, -0.1) is 10.2 Å². The Morgan fingerprint density at radius 3 is 3.06 bits per heavy atom. The summed E-state index contributed by atoms with van der Waals surface area (Å²) in [6.45, 7) is 0. The zero-order chi connectivity index (χ0) is 11.4. The highest BCUT2D eigenvalue weighted by Gasteiger charge is 1.98. The molecule has 0 saturated heterocycles. The van der Waals surface area contributed by atoms with Crippen LogP contribution in [0.3, 0.4) is 0 Å². The van der Waals surface area contributed by atoms with Crippen molar-refractivity contribution in [1.29, 1.82) is 5.26 Å². The second-order valence-electron chi connectivity index (χ2n) is 3.00. The minimum atomic E-state index is -0.339. The standard InChI is InChI=1S/C10H7N5O/c11-5-7-2-1-3-8(4-7)13-10-14-9(16)6-12-15-10/h1-4,6H,(H2,13,14,15,16). The molecule has 1 heterocycles. The number of benzene rings is 1. The van der Waals surface area contributed by atoms with Crippen molar-refractivity contribution in [2.45, 2.75) is 0 Å². The summed E-state index contributed by atoms with van der Waals surface area (Å²) in [6, 6.07) is 8.84. The normalized spacial score (nSPS) is 9.44. The van der Waals surface area contributed by atoms with Crippen LogP contribution in [0.2, 0.25) is 0 Å². The number of hydrogen-bond acceptors (Lipinski definition) is 5. The van der Waals surface area contributed by atoms with Gasteiger partial charge in [0.15, 0.2) is 0 Å². The lowest BCUT2D eigenvalue weighted by molar-refractivity contribution is 0.953. The molecule has 0 radical (unpaired) electrons. The van der Waals surface area contributed by atoms with E-state index in [1.165, 1.54) is 0 Å². The number of aromatic nitrogens is 3. The smallest absolute Gasteiger partial charge is 0.271 e. The summed E-state index contributed by atoms with van der Waals surface area (Å²) >= 11 is 0. The quantitative estimate of drug-likeness (QED) is 0.768. The summed E-state index contributed by atoms with van der Waals surface area (Å²) in [7, 11) is 0. The van der Waals surface area contributed by atoms with Crippen molar-refractivity contribution in [2.24, 2.45) is 0 Å². The van der Waals surface area contributed by atoms with Crippen LogP contribution in [-0.2, 0) is 0 Å². The fourth-order valence-corrected chi connectivity index (χ4v) is 1.17. The molecule has 6 heteroatoms. The Hall–Kier alpha value is -2.68. The molecular weight excluding hydrogens is 206 g/mol. The summed E-state index contributed by atoms with van der Waals surface area (Å²) in [6.07, 6.45) is 1.08. The van der Waals surface area contributed by atoms with Crippen LogP contribution >= 0.6 is 0 Å². The average molecular weight is 213 g/mol. The molecule has 0 aliphatic carbocycles. The summed E-state index contributed by atoms with van der Waals surface area (Å²) in [4.78, 5) is 13.4. The number of H-pyrrole nitrogens is 1. The number of anilines is 2. The van der Waals surface area contributed by atoms with Gasteiger partial charge in [-0.2, -0.15) is 5.26 Å². The summed E-state index contributed by atoms with van der Waals surface area (Å²) in [5.41, 5.74) is 0.848. The first-order chi connectivity index (χ1) is 7.78. The lowest BCUT2D eigenvalue weighted by Gasteiger charge is -2.03. The van der Waals surface area contributed by atoms with Crippen LogP contribution in [0, 0.1) is 11.3 Å². The minimum absolute atomic E-state index is 0.239. The van der Waals surface area contributed by atoms with E-state index in [4.69, 9.17) is 5.26 Å². The van der Waals surface area contributed by atoms with Gasteiger partial charge in [0.05, 0.1) is 11.6 Å². The number of aromatic amines is 1. The van der Waals surface area contributed by atoms with Crippen molar-refractivity contribution in [3.63, 3.8) is 0 Å². The first-order valence-corrected chi connectivity index (χ1v) is 4.47. The van der Waals surface area contributed by atoms with Crippen LogP contribution in [-0.4, -0.2) is 15.2 Å². The van der Waals surface area contributed by atoms with Gasteiger partial charge in [0.2, 0.25) is 5.95 Å². The summed E-state index contributed by atoms with van der Waals surface area (Å²) in [5.74, 6) is 0.239. The molecule has 1 aromatic heterocycles. The van der Waals surface area contributed by atoms with E-state index in [1.54, 1.807) is 24.3 Å². The lowest BCUT2D eigenvalue weighted by atomic mass is 10.2. The molecule has 0 fully saturated rings. The SMILES string of the molecule is N#Cc1cccc(Nc2nncc(=O)[nH]2)c1. The van der Waals surface area contributed by atoms with E-state index < -0.39 is 0 Å². The molecule has 0 bridgehead atoms. The predicted octanol–water partition coefficient (Wildman–Crippen LogP) is 0.780. The van der Waals surface area contributed by atoms with Crippen LogP contribution in [0.25, 0.3) is 0 Å². The van der Waals surface area contributed by atoms with Crippen molar-refractivity contribution in [1.82, 2.24) is 15.2 Å². The number of nitrogens with zero attached hydrogens (tertiary/aromatic N) is 3. The molecule has 1 aromatic carbocycles. The van der Waals surface area contributed by atoms with E-state index in [1.807, 2.05) is 6.07 Å². The van der Waals surface area contributed by atoms with Gasteiger partial charge >= 0.3 is 0 Å². The Morgan fingerprint density at radius 2 is 2.31 bits per heavy atom. The van der Waals surface area contributed by atoms with Crippen LogP contribution in [0.1, 0.15) is 5.56 Å². The Morgan fingerprint density at radius 1 is 1.44 bits per heavy atom. The molecular formula is C10H7N5O. The number of rotatable bonds is 2. The molecule has 0 unspecified atom stereocenters. The van der Waals surface area contributed by atoms with E-state index in [9.17, 15) is 4.79 Å². The lowest BCUT2D eigenvalue weighted by Crippen LogP contribution is -2.10. The third-order valence-corrected chi connectivity index (χ3v) is 1.83. The Labute approximate surface area is 90.6 Å². The van der Waals surface area contributed by atoms with Crippen LogP contribution in [0.15, 0.2) is 35.3 Å². The van der Waals surface area contributed by atoms with Gasteiger partial charge < -0.3 is 5.32 Å². The van der Waals surface area contributed by atoms with Crippen molar-refractivity contribution in [3.05, 3.63) is 46.4 Å². The zero-order valence-corrected chi connectivity index (χ0v) is 8.14. The van der Waals surface area contributed by atoms with Gasteiger partial charge in [0, 0.05) is 5.69 Å². The van der Waals surface area contributed by atoms with Crippen LogP contribution in [0.5, 0.6) is 0 Å². The van der Waals surface area contributed by atoms with Gasteiger partial charge in [0.25, 0.3) is 5.56 Å². The van der Waals surface area contributed by atoms with Crippen molar-refractivity contribution < 1.29 is 0 Å². The molecule has 0 aliphatic heterocycles. The molecule has 0 aliphatic rings. The fraction of sp³-hybridized carbons (Fsp3) is 0. The monoisotopic (exact) mass is 213 g/mol. The maximum atomic E-state index is 11.0. The highest BCUT2D eigenvalue weighted by molar-refractivity contribution is 5.55. The third kappa shape index (κ3) is 2.22. The molecule has 78 valence electrons. The highest BCUT2D eigenvalue weighted by Crippen LogP contribution is 2.12.